The zero-order chi connectivity index (χ0) is 23.3. The van der Waals surface area contributed by atoms with Gasteiger partial charge in [-0.05, 0) is 51.0 Å². The summed E-state index contributed by atoms with van der Waals surface area (Å²) in [7, 11) is 0. The van der Waals surface area contributed by atoms with Crippen molar-refractivity contribution < 1.29 is 24.2 Å². The Kier molecular flexibility index (Phi) is 10.9. The van der Waals surface area contributed by atoms with E-state index in [0.29, 0.717) is 12.8 Å². The van der Waals surface area contributed by atoms with Crippen LogP contribution in [0, 0.1) is 5.92 Å². The van der Waals surface area contributed by atoms with Gasteiger partial charge in [-0.1, -0.05) is 49.6 Å². The van der Waals surface area contributed by atoms with Crippen molar-refractivity contribution in [1.29, 1.82) is 0 Å². The highest BCUT2D eigenvalue weighted by atomic mass is 16.5. The second-order valence-electron chi connectivity index (χ2n) is 8.17. The van der Waals surface area contributed by atoms with Gasteiger partial charge in [0.25, 0.3) is 5.91 Å². The second-order valence-corrected chi connectivity index (χ2v) is 8.17. The van der Waals surface area contributed by atoms with Crippen LogP contribution in [0.1, 0.15) is 57.9 Å². The number of aryl methyl sites for hydroxylation is 1. The molecule has 0 unspecified atom stereocenters. The lowest BCUT2D eigenvalue weighted by molar-refractivity contribution is -0.148. The summed E-state index contributed by atoms with van der Waals surface area (Å²) in [6.07, 6.45) is 8.20. The molecule has 2 N–H and O–H groups in total. The molecular weight excluding hydrogens is 410 g/mol. The number of hydrazone groups is 1. The number of carbonyl (C=O) groups excluding carboxylic acids is 2. The molecule has 0 aromatic heterocycles. The molecule has 8 nitrogen and oxygen atoms in total. The van der Waals surface area contributed by atoms with Gasteiger partial charge in [-0.15, -0.1) is 0 Å². The van der Waals surface area contributed by atoms with E-state index < -0.39 is 36.5 Å². The van der Waals surface area contributed by atoms with Crippen LogP contribution in [-0.2, 0) is 25.5 Å². The van der Waals surface area contributed by atoms with E-state index in [-0.39, 0.29) is 12.5 Å². The Morgan fingerprint density at radius 1 is 1.22 bits per heavy atom. The van der Waals surface area contributed by atoms with Crippen molar-refractivity contribution in [2.75, 3.05) is 13.2 Å². The van der Waals surface area contributed by atoms with Crippen LogP contribution in [0.5, 0.6) is 0 Å². The topological polar surface area (TPSA) is 108 Å². The summed E-state index contributed by atoms with van der Waals surface area (Å²) in [6.45, 7) is 3.06. The first-order chi connectivity index (χ1) is 15.4. The molecule has 1 amide bonds. The van der Waals surface area contributed by atoms with E-state index in [1.165, 1.54) is 6.42 Å². The lowest BCUT2D eigenvalue weighted by Gasteiger charge is -2.25. The molecule has 1 aromatic carbocycles. The quantitative estimate of drug-likeness (QED) is 0.291. The lowest BCUT2D eigenvalue weighted by Crippen LogP contribution is -2.51. The van der Waals surface area contributed by atoms with Gasteiger partial charge in [0.2, 0.25) is 0 Å². The van der Waals surface area contributed by atoms with Gasteiger partial charge in [0.05, 0.1) is 12.6 Å². The number of carboxylic acid groups (broad SMARTS) is 1. The number of aliphatic carboxylic acids is 1. The van der Waals surface area contributed by atoms with Crippen LogP contribution >= 0.6 is 0 Å². The highest BCUT2D eigenvalue weighted by Gasteiger charge is 2.28. The summed E-state index contributed by atoms with van der Waals surface area (Å²) in [5.74, 6) is -1.81. The number of nitrogens with zero attached hydrogens (tertiary/aromatic N) is 2. The number of hydrogen-bond donors (Lipinski definition) is 2. The van der Waals surface area contributed by atoms with Crippen molar-refractivity contribution in [2.24, 2.45) is 11.0 Å². The van der Waals surface area contributed by atoms with E-state index in [9.17, 15) is 19.5 Å². The largest absolute Gasteiger partial charge is 0.480 e. The molecule has 0 aliphatic heterocycles. The molecule has 1 fully saturated rings. The van der Waals surface area contributed by atoms with Gasteiger partial charge in [0, 0.05) is 6.21 Å². The highest BCUT2D eigenvalue weighted by molar-refractivity contribution is 5.86. The molecule has 1 saturated carbocycles. The Morgan fingerprint density at radius 2 is 1.91 bits per heavy atom. The zero-order valence-electron chi connectivity index (χ0n) is 19.0. The normalized spacial score (nSPS) is 16.4. The van der Waals surface area contributed by atoms with Crippen LogP contribution in [0.25, 0.3) is 0 Å². The van der Waals surface area contributed by atoms with Crippen LogP contribution in [0.4, 0.5) is 0 Å². The first kappa shape index (κ1) is 25.5. The molecular formula is C24H35N3O5. The molecule has 1 aromatic rings. The predicted molar refractivity (Wildman–Crippen MR) is 122 cm³/mol. The summed E-state index contributed by atoms with van der Waals surface area (Å²) >= 11 is 0. The van der Waals surface area contributed by atoms with E-state index in [4.69, 9.17) is 4.74 Å². The van der Waals surface area contributed by atoms with Gasteiger partial charge >= 0.3 is 11.9 Å². The number of benzene rings is 1. The highest BCUT2D eigenvalue weighted by Crippen LogP contribution is 2.22. The molecule has 0 heterocycles. The molecule has 176 valence electrons. The van der Waals surface area contributed by atoms with E-state index in [0.717, 1.165) is 36.3 Å². The fourth-order valence-corrected chi connectivity index (χ4v) is 3.83. The summed E-state index contributed by atoms with van der Waals surface area (Å²) in [5.41, 5.74) is 1.08. The average Bonchev–Trinajstić information content (AvgIpc) is 2.80. The Bertz CT molecular complexity index is 762. The van der Waals surface area contributed by atoms with Crippen LogP contribution in [0.2, 0.25) is 0 Å². The average molecular weight is 446 g/mol. The fraction of sp³-hybridized carbons (Fsp3) is 0.583. The van der Waals surface area contributed by atoms with Crippen molar-refractivity contribution in [3.8, 4) is 0 Å². The summed E-state index contributed by atoms with van der Waals surface area (Å²) in [4.78, 5) is 36.7. The molecule has 0 spiro atoms. The molecule has 2 rings (SSSR count). The van der Waals surface area contributed by atoms with Gasteiger partial charge in [-0.3, -0.25) is 19.7 Å². The Labute approximate surface area is 190 Å². The van der Waals surface area contributed by atoms with Crippen LogP contribution in [0.3, 0.4) is 0 Å². The predicted octanol–water partition coefficient (Wildman–Crippen LogP) is 3.01. The first-order valence-electron chi connectivity index (χ1n) is 11.4. The summed E-state index contributed by atoms with van der Waals surface area (Å²) in [6, 6.07) is 8.25. The third-order valence-electron chi connectivity index (χ3n) is 5.56. The van der Waals surface area contributed by atoms with Gasteiger partial charge in [-0.2, -0.15) is 5.10 Å². The molecule has 0 bridgehead atoms. The van der Waals surface area contributed by atoms with Gasteiger partial charge < -0.3 is 9.84 Å². The molecule has 0 radical (unpaired) electrons. The number of amides is 1. The maximum atomic E-state index is 13.0. The van der Waals surface area contributed by atoms with E-state index >= 15 is 0 Å². The maximum absolute atomic E-state index is 13.0. The number of esters is 1. The third kappa shape index (κ3) is 8.78. The second kappa shape index (κ2) is 13.6. The van der Waals surface area contributed by atoms with E-state index in [2.05, 4.69) is 10.4 Å². The Balaban J connectivity index is 2.04. The minimum Gasteiger partial charge on any atom is -0.480 e. The van der Waals surface area contributed by atoms with Gasteiger partial charge in [0.1, 0.15) is 12.6 Å². The lowest BCUT2D eigenvalue weighted by atomic mass is 9.90. The molecule has 0 saturated heterocycles. The van der Waals surface area contributed by atoms with E-state index in [1.807, 2.05) is 30.3 Å². The zero-order valence-corrected chi connectivity index (χ0v) is 19.0. The van der Waals surface area contributed by atoms with Crippen LogP contribution < -0.4 is 5.32 Å². The van der Waals surface area contributed by atoms with Crippen molar-refractivity contribution >= 4 is 24.1 Å². The number of carbonyl (C=O) groups is 3. The van der Waals surface area contributed by atoms with E-state index in [1.54, 1.807) is 20.1 Å². The van der Waals surface area contributed by atoms with Crippen molar-refractivity contribution in [1.82, 2.24) is 10.3 Å². The number of nitrogens with one attached hydrogen (secondary N) is 1. The van der Waals surface area contributed by atoms with Gasteiger partial charge in [0.15, 0.2) is 0 Å². The fourth-order valence-electron chi connectivity index (χ4n) is 3.83. The van der Waals surface area contributed by atoms with Crippen molar-refractivity contribution in [3.05, 3.63) is 35.9 Å². The molecule has 8 heteroatoms. The monoisotopic (exact) mass is 445 g/mol. The summed E-state index contributed by atoms with van der Waals surface area (Å²) in [5, 5.41) is 17.5. The summed E-state index contributed by atoms with van der Waals surface area (Å²) < 4.78 is 5.17. The van der Waals surface area contributed by atoms with Crippen molar-refractivity contribution in [3.63, 3.8) is 0 Å². The Morgan fingerprint density at radius 3 is 2.53 bits per heavy atom. The minimum absolute atomic E-state index is 0.238. The third-order valence-corrected chi connectivity index (χ3v) is 5.56. The van der Waals surface area contributed by atoms with Crippen LogP contribution in [-0.4, -0.2) is 59.4 Å². The SMILES string of the molecule is CCOC(=O)[C@H](CCc1ccccc1)N[C@@H](C)C(=O)N(CC(=O)O)N=CC1CCCCC1. The molecule has 32 heavy (non-hydrogen) atoms. The smallest absolute Gasteiger partial charge is 0.325 e. The number of carboxylic acids is 1. The maximum Gasteiger partial charge on any atom is 0.325 e. The number of hydrogen-bond acceptors (Lipinski definition) is 6. The standard InChI is InChI=1S/C24H35N3O5/c1-3-32-24(31)21(15-14-19-10-6-4-7-11-19)26-18(2)23(30)27(17-22(28)29)25-16-20-12-8-5-9-13-20/h4,6-7,10-11,16,18,20-21,26H,3,5,8-9,12-15,17H2,1-2H3,(H,28,29)/t18-,21-/m0/s1. The number of rotatable bonds is 12. The Hall–Kier alpha value is -2.74. The molecule has 2 atom stereocenters. The van der Waals surface area contributed by atoms with Crippen LogP contribution in [0.15, 0.2) is 35.4 Å². The number of ether oxygens (including phenoxy) is 1. The first-order valence-corrected chi connectivity index (χ1v) is 11.4. The van der Waals surface area contributed by atoms with Gasteiger partial charge in [-0.25, -0.2) is 5.01 Å². The molecule has 1 aliphatic carbocycles. The minimum atomic E-state index is -1.14. The molecule has 1 aliphatic rings. The van der Waals surface area contributed by atoms with Crippen molar-refractivity contribution in [2.45, 2.75) is 70.9 Å².